The van der Waals surface area contributed by atoms with E-state index in [9.17, 15) is 14.7 Å². The number of hydrogen-bond donors (Lipinski definition) is 2. The summed E-state index contributed by atoms with van der Waals surface area (Å²) in [6.07, 6.45) is 11.0. The summed E-state index contributed by atoms with van der Waals surface area (Å²) < 4.78 is 0. The average molecular weight is 536 g/mol. The van der Waals surface area contributed by atoms with E-state index in [-0.39, 0.29) is 51.3 Å². The maximum atomic E-state index is 14.4. The Kier molecular flexibility index (Phi) is 6.91. The molecule has 37 heavy (non-hydrogen) atoms. The van der Waals surface area contributed by atoms with Crippen LogP contribution in [0.4, 0.5) is 0 Å². The second-order valence-electron chi connectivity index (χ2n) is 15.4. The first-order chi connectivity index (χ1) is 16.6. The highest BCUT2D eigenvalue weighted by Crippen LogP contribution is 2.75. The van der Waals surface area contributed by atoms with Crippen molar-refractivity contribution in [2.24, 2.45) is 50.2 Å². The number of nitrogens with two attached hydrogens (primary N) is 1. The molecule has 5 nitrogen and oxygen atoms in total. The van der Waals surface area contributed by atoms with Crippen molar-refractivity contribution >= 4 is 11.8 Å². The van der Waals surface area contributed by atoms with Crippen molar-refractivity contribution in [2.45, 2.75) is 112 Å². The summed E-state index contributed by atoms with van der Waals surface area (Å²) in [4.78, 5) is 32.2. The third-order valence-electron chi connectivity index (χ3n) is 13.5. The number of ketones is 1. The molecule has 0 amide bonds. The van der Waals surface area contributed by atoms with Gasteiger partial charge in [-0.25, -0.2) is 4.84 Å². The lowest BCUT2D eigenvalue weighted by atomic mass is 9.33. The molecule has 0 bridgehead atoms. The van der Waals surface area contributed by atoms with E-state index in [1.165, 1.54) is 5.57 Å². The SMILES string of the molecule is CO[NH2+][C@@H]1CC[C@]2(C)[C@H]3C(=O)C=C4[C@@H]5C[C@@](C)(C(=O)O)CC[C@]5(C)CC[C@@]4(C)[C@]3(C)CC[C@H]2C1(C)C.[Cl-]. The minimum Gasteiger partial charge on any atom is -1.00 e. The lowest BCUT2D eigenvalue weighted by Crippen LogP contribution is -3.00. The molecule has 0 unspecified atom stereocenters. The van der Waals surface area contributed by atoms with Gasteiger partial charge in [-0.1, -0.05) is 47.1 Å². The van der Waals surface area contributed by atoms with Gasteiger partial charge in [-0.05, 0) is 97.9 Å². The van der Waals surface area contributed by atoms with E-state index in [1.807, 2.05) is 12.4 Å². The quantitative estimate of drug-likeness (QED) is 0.544. The molecule has 9 atom stereocenters. The van der Waals surface area contributed by atoms with Gasteiger partial charge < -0.3 is 17.5 Å². The van der Waals surface area contributed by atoms with Crippen LogP contribution in [0.2, 0.25) is 0 Å². The predicted octanol–water partition coefficient (Wildman–Crippen LogP) is 2.55. The van der Waals surface area contributed by atoms with Crippen LogP contribution in [0.5, 0.6) is 0 Å². The Morgan fingerprint density at radius 2 is 1.62 bits per heavy atom. The normalized spacial score (nSPS) is 50.4. The second kappa shape index (κ2) is 8.80. The first kappa shape index (κ1) is 29.1. The van der Waals surface area contributed by atoms with E-state index in [4.69, 9.17) is 4.84 Å². The molecule has 5 aliphatic carbocycles. The van der Waals surface area contributed by atoms with Crippen molar-refractivity contribution in [1.29, 1.82) is 0 Å². The topological polar surface area (TPSA) is 80.2 Å². The van der Waals surface area contributed by atoms with Gasteiger partial charge in [0.2, 0.25) is 0 Å². The van der Waals surface area contributed by atoms with E-state index in [1.54, 1.807) is 7.11 Å². The Balaban J connectivity index is 0.00000320. The first-order valence-electron chi connectivity index (χ1n) is 14.4. The fraction of sp³-hybridized carbons (Fsp3) is 0.871. The molecule has 0 radical (unpaired) electrons. The number of hydrogen-bond acceptors (Lipinski definition) is 3. The molecule has 4 saturated carbocycles. The zero-order valence-corrected chi connectivity index (χ0v) is 25.1. The van der Waals surface area contributed by atoms with Gasteiger partial charge in [0, 0.05) is 17.8 Å². The van der Waals surface area contributed by atoms with Crippen molar-refractivity contribution in [2.75, 3.05) is 7.11 Å². The summed E-state index contributed by atoms with van der Waals surface area (Å²) in [5, 5.41) is 10.1. The monoisotopic (exact) mass is 535 g/mol. The zero-order valence-electron chi connectivity index (χ0n) is 24.4. The van der Waals surface area contributed by atoms with E-state index < -0.39 is 11.4 Å². The third-order valence-corrected chi connectivity index (χ3v) is 13.5. The molecule has 0 aromatic carbocycles. The third kappa shape index (κ3) is 3.69. The molecule has 0 aromatic heterocycles. The smallest absolute Gasteiger partial charge is 0.309 e. The highest BCUT2D eigenvalue weighted by Gasteiger charge is 2.70. The van der Waals surface area contributed by atoms with Gasteiger partial charge in [0.05, 0.1) is 12.5 Å². The number of rotatable bonds is 3. The molecule has 3 N–H and O–H groups in total. The highest BCUT2D eigenvalue weighted by atomic mass is 35.5. The van der Waals surface area contributed by atoms with Crippen LogP contribution in [0.25, 0.3) is 0 Å². The average Bonchev–Trinajstić information content (AvgIpc) is 2.78. The maximum absolute atomic E-state index is 14.4. The summed E-state index contributed by atoms with van der Waals surface area (Å²) in [6.45, 7) is 16.4. The van der Waals surface area contributed by atoms with Crippen LogP contribution in [0.1, 0.15) is 106 Å². The van der Waals surface area contributed by atoms with Gasteiger partial charge >= 0.3 is 5.97 Å². The predicted molar refractivity (Wildman–Crippen MR) is 140 cm³/mol. The van der Waals surface area contributed by atoms with Crippen LogP contribution in [-0.2, 0) is 14.4 Å². The summed E-state index contributed by atoms with van der Waals surface area (Å²) in [7, 11) is 1.76. The van der Waals surface area contributed by atoms with Crippen molar-refractivity contribution in [3.63, 3.8) is 0 Å². The number of hydroxylamine groups is 1. The number of carboxylic acids is 1. The highest BCUT2D eigenvalue weighted by molar-refractivity contribution is 5.95. The van der Waals surface area contributed by atoms with Gasteiger partial charge in [-0.2, -0.15) is 5.48 Å². The second-order valence-corrected chi connectivity index (χ2v) is 15.4. The summed E-state index contributed by atoms with van der Waals surface area (Å²) in [5.74, 6) is 0.341. The van der Waals surface area contributed by atoms with Gasteiger partial charge in [-0.15, -0.1) is 0 Å². The standard InChI is InChI=1S/C31H49NO4.ClH/c1-26(2)22-9-12-31(7)24(29(22,5)11-10-23(26)32-36-8)21(33)17-19-20-18-28(4,25(34)35)14-13-27(20,3)15-16-30(19,31)6;/h17,20,22-24,32H,9-16,18H2,1-8H3,(H,34,35);1H/t20-,22-,23+,24+,27+,28-,29-,30+,31+;/m0./s1. The van der Waals surface area contributed by atoms with Crippen LogP contribution < -0.4 is 17.9 Å². The molecule has 4 fully saturated rings. The number of allylic oxidation sites excluding steroid dienone is 2. The van der Waals surface area contributed by atoms with Gasteiger partial charge in [0.15, 0.2) is 5.78 Å². The van der Waals surface area contributed by atoms with Crippen LogP contribution in [-0.4, -0.2) is 30.0 Å². The van der Waals surface area contributed by atoms with Gasteiger partial charge in [0.1, 0.15) is 6.04 Å². The largest absolute Gasteiger partial charge is 1.00 e. The Morgan fingerprint density at radius 1 is 0.973 bits per heavy atom. The first-order valence-corrected chi connectivity index (χ1v) is 14.4. The van der Waals surface area contributed by atoms with E-state index in [2.05, 4.69) is 47.6 Å². The zero-order chi connectivity index (χ0) is 26.5. The van der Waals surface area contributed by atoms with Crippen LogP contribution in [0.15, 0.2) is 11.6 Å². The van der Waals surface area contributed by atoms with Crippen molar-refractivity contribution in [3.8, 4) is 0 Å². The molecule has 5 rings (SSSR count). The summed E-state index contributed by atoms with van der Waals surface area (Å²) >= 11 is 0. The van der Waals surface area contributed by atoms with Crippen LogP contribution >= 0.6 is 0 Å². The number of halogens is 1. The van der Waals surface area contributed by atoms with Crippen LogP contribution in [0, 0.1) is 50.2 Å². The molecule has 0 spiro atoms. The van der Waals surface area contributed by atoms with Crippen molar-refractivity contribution in [1.82, 2.24) is 0 Å². The number of carbonyl (C=O) groups is 2. The Hall–Kier alpha value is -0.910. The Labute approximate surface area is 230 Å². The summed E-state index contributed by atoms with van der Waals surface area (Å²) in [6, 6.07) is 0.414. The molecule has 0 aromatic rings. The van der Waals surface area contributed by atoms with E-state index >= 15 is 0 Å². The number of carboxylic acid groups (broad SMARTS) is 1. The number of aliphatic carboxylic acids is 1. The number of fused-ring (bicyclic) bond motifs is 7. The number of quaternary nitrogens is 1. The fourth-order valence-corrected chi connectivity index (χ4v) is 10.8. The number of carbonyl (C=O) groups excluding carboxylic acids is 1. The maximum Gasteiger partial charge on any atom is 0.309 e. The van der Waals surface area contributed by atoms with E-state index in [0.29, 0.717) is 24.2 Å². The lowest BCUT2D eigenvalue weighted by molar-refractivity contribution is -0.921. The molecule has 0 aliphatic heterocycles. The van der Waals surface area contributed by atoms with Crippen molar-refractivity contribution < 1.29 is 37.4 Å². The molecule has 5 aliphatic rings. The van der Waals surface area contributed by atoms with Crippen LogP contribution in [0.3, 0.4) is 0 Å². The Morgan fingerprint density at radius 3 is 2.24 bits per heavy atom. The van der Waals surface area contributed by atoms with Gasteiger partial charge in [-0.3, -0.25) is 9.59 Å². The Bertz CT molecular complexity index is 1010. The fourth-order valence-electron chi connectivity index (χ4n) is 10.8. The minimum atomic E-state index is -0.700. The molecular formula is C31H50ClNO4. The molecule has 6 heteroatoms. The lowest BCUT2D eigenvalue weighted by Gasteiger charge is -2.70. The summed E-state index contributed by atoms with van der Waals surface area (Å²) in [5.41, 5.74) is 2.66. The minimum absolute atomic E-state index is 0. The molecule has 210 valence electrons. The van der Waals surface area contributed by atoms with Crippen molar-refractivity contribution in [3.05, 3.63) is 11.6 Å². The molecule has 0 heterocycles. The van der Waals surface area contributed by atoms with E-state index in [0.717, 1.165) is 51.4 Å². The van der Waals surface area contributed by atoms with Gasteiger partial charge in [0.25, 0.3) is 0 Å². The molecular weight excluding hydrogens is 486 g/mol. The molecule has 0 saturated heterocycles.